The van der Waals surface area contributed by atoms with Gasteiger partial charge in [0.15, 0.2) is 0 Å². The molecule has 1 aromatic carbocycles. The fourth-order valence-electron chi connectivity index (χ4n) is 1.67. The summed E-state index contributed by atoms with van der Waals surface area (Å²) in [6.07, 6.45) is 0. The Morgan fingerprint density at radius 3 is 2.76 bits per heavy atom. The van der Waals surface area contributed by atoms with Crippen molar-refractivity contribution in [1.29, 1.82) is 0 Å². The number of non-ortho nitro benzene ring substituents is 1. The van der Waals surface area contributed by atoms with Crippen LogP contribution in [0.15, 0.2) is 23.0 Å². The molecule has 110 valence electrons. The smallest absolute Gasteiger partial charge is 0.271 e. The van der Waals surface area contributed by atoms with Crippen molar-refractivity contribution >= 4 is 46.1 Å². The Hall–Kier alpha value is -1.70. The summed E-state index contributed by atoms with van der Waals surface area (Å²) in [6.45, 7) is 0.277. The first-order chi connectivity index (χ1) is 9.90. The van der Waals surface area contributed by atoms with Crippen LogP contribution in [-0.4, -0.2) is 27.8 Å². The number of halogens is 2. The van der Waals surface area contributed by atoms with E-state index >= 15 is 0 Å². The molecule has 0 aliphatic rings. The van der Waals surface area contributed by atoms with E-state index in [2.05, 4.69) is 4.98 Å². The van der Waals surface area contributed by atoms with Crippen molar-refractivity contribution in [3.63, 3.8) is 0 Å². The Labute approximate surface area is 134 Å². The van der Waals surface area contributed by atoms with Gasteiger partial charge in [-0.2, -0.15) is 0 Å². The van der Waals surface area contributed by atoms with Crippen LogP contribution >= 0.6 is 34.5 Å². The number of amides is 1. The maximum atomic E-state index is 12.4. The Balaban J connectivity index is 2.31. The van der Waals surface area contributed by atoms with Crippen molar-refractivity contribution in [3.8, 4) is 0 Å². The lowest BCUT2D eigenvalue weighted by Crippen LogP contribution is -2.26. The van der Waals surface area contributed by atoms with Gasteiger partial charge in [-0.1, -0.05) is 23.2 Å². The van der Waals surface area contributed by atoms with Crippen LogP contribution in [0.2, 0.25) is 10.0 Å². The van der Waals surface area contributed by atoms with Crippen LogP contribution in [0.4, 0.5) is 5.69 Å². The number of carbonyl (C=O) groups is 1. The van der Waals surface area contributed by atoms with Gasteiger partial charge in [0, 0.05) is 24.6 Å². The van der Waals surface area contributed by atoms with E-state index in [-0.39, 0.29) is 27.8 Å². The number of nitro benzene ring substituents is 1. The van der Waals surface area contributed by atoms with Gasteiger partial charge >= 0.3 is 0 Å². The van der Waals surface area contributed by atoms with Crippen molar-refractivity contribution in [2.45, 2.75) is 6.54 Å². The molecule has 0 unspecified atom stereocenters. The lowest BCUT2D eigenvalue weighted by atomic mass is 10.1. The zero-order valence-electron chi connectivity index (χ0n) is 10.7. The van der Waals surface area contributed by atoms with Crippen LogP contribution in [0, 0.1) is 10.1 Å². The van der Waals surface area contributed by atoms with E-state index in [1.807, 2.05) is 5.38 Å². The minimum absolute atomic E-state index is 0.00241. The third-order valence-electron chi connectivity index (χ3n) is 2.68. The van der Waals surface area contributed by atoms with Gasteiger partial charge in [-0.05, 0) is 0 Å². The lowest BCUT2D eigenvalue weighted by Gasteiger charge is -2.17. The van der Waals surface area contributed by atoms with Crippen LogP contribution < -0.4 is 0 Å². The highest BCUT2D eigenvalue weighted by molar-refractivity contribution is 7.07. The van der Waals surface area contributed by atoms with Crippen LogP contribution in [0.3, 0.4) is 0 Å². The molecule has 1 heterocycles. The second kappa shape index (κ2) is 6.38. The minimum Gasteiger partial charge on any atom is -0.336 e. The molecule has 0 bridgehead atoms. The first-order valence-electron chi connectivity index (χ1n) is 5.66. The molecule has 0 spiro atoms. The SMILES string of the molecule is CN(Cc1cscn1)C(=O)c1cc([N+](=O)[O-])cc(Cl)c1Cl. The summed E-state index contributed by atoms with van der Waals surface area (Å²) in [5.41, 5.74) is 2.09. The number of aromatic nitrogens is 1. The van der Waals surface area contributed by atoms with Gasteiger partial charge in [0.1, 0.15) is 0 Å². The molecule has 21 heavy (non-hydrogen) atoms. The summed E-state index contributed by atoms with van der Waals surface area (Å²) in [6, 6.07) is 2.23. The quantitative estimate of drug-likeness (QED) is 0.626. The average Bonchev–Trinajstić information content (AvgIpc) is 2.93. The highest BCUT2D eigenvalue weighted by atomic mass is 35.5. The van der Waals surface area contributed by atoms with Crippen LogP contribution in [0.1, 0.15) is 16.1 Å². The van der Waals surface area contributed by atoms with Crippen molar-refractivity contribution in [2.24, 2.45) is 0 Å². The highest BCUT2D eigenvalue weighted by Crippen LogP contribution is 2.31. The summed E-state index contributed by atoms with van der Waals surface area (Å²) >= 11 is 13.2. The van der Waals surface area contributed by atoms with Crippen molar-refractivity contribution < 1.29 is 9.72 Å². The number of benzene rings is 1. The topological polar surface area (TPSA) is 76.3 Å². The molecule has 0 atom stereocenters. The van der Waals surface area contributed by atoms with Gasteiger partial charge in [-0.3, -0.25) is 14.9 Å². The molecule has 0 aliphatic carbocycles. The number of rotatable bonds is 4. The van der Waals surface area contributed by atoms with Crippen molar-refractivity contribution in [1.82, 2.24) is 9.88 Å². The van der Waals surface area contributed by atoms with Gasteiger partial charge in [0.05, 0.1) is 38.3 Å². The number of nitro groups is 1. The van der Waals surface area contributed by atoms with E-state index in [9.17, 15) is 14.9 Å². The third-order valence-corrected chi connectivity index (χ3v) is 4.12. The summed E-state index contributed by atoms with van der Waals surface area (Å²) in [7, 11) is 1.56. The summed E-state index contributed by atoms with van der Waals surface area (Å²) < 4.78 is 0. The third kappa shape index (κ3) is 3.49. The lowest BCUT2D eigenvalue weighted by molar-refractivity contribution is -0.384. The normalized spacial score (nSPS) is 10.4. The molecule has 0 aliphatic heterocycles. The zero-order chi connectivity index (χ0) is 15.6. The zero-order valence-corrected chi connectivity index (χ0v) is 13.1. The summed E-state index contributed by atoms with van der Waals surface area (Å²) in [5.74, 6) is -0.460. The molecule has 9 heteroatoms. The van der Waals surface area contributed by atoms with E-state index < -0.39 is 10.8 Å². The second-order valence-corrected chi connectivity index (χ2v) is 5.69. The van der Waals surface area contributed by atoms with Crippen LogP contribution in [0.5, 0.6) is 0 Å². The molecule has 6 nitrogen and oxygen atoms in total. The maximum Gasteiger partial charge on any atom is 0.271 e. The predicted molar refractivity (Wildman–Crippen MR) is 81.0 cm³/mol. The van der Waals surface area contributed by atoms with E-state index in [0.717, 1.165) is 17.8 Å². The van der Waals surface area contributed by atoms with Crippen LogP contribution in [0.25, 0.3) is 0 Å². The average molecular weight is 346 g/mol. The Kier molecular flexibility index (Phi) is 4.76. The molecule has 0 fully saturated rings. The fourth-order valence-corrected chi connectivity index (χ4v) is 2.62. The molecule has 2 rings (SSSR count). The molecule has 0 saturated carbocycles. The monoisotopic (exact) mass is 345 g/mol. The first-order valence-corrected chi connectivity index (χ1v) is 7.36. The van der Waals surface area contributed by atoms with Crippen LogP contribution in [-0.2, 0) is 6.54 Å². The largest absolute Gasteiger partial charge is 0.336 e. The Morgan fingerprint density at radius 2 is 2.19 bits per heavy atom. The number of nitrogens with zero attached hydrogens (tertiary/aromatic N) is 3. The Bertz CT molecular complexity index is 691. The van der Waals surface area contributed by atoms with E-state index in [0.29, 0.717) is 0 Å². The molecule has 1 amide bonds. The molecular formula is C12H9Cl2N3O3S. The Morgan fingerprint density at radius 1 is 1.48 bits per heavy atom. The van der Waals surface area contributed by atoms with E-state index in [4.69, 9.17) is 23.2 Å². The van der Waals surface area contributed by atoms with E-state index in [1.165, 1.54) is 16.2 Å². The van der Waals surface area contributed by atoms with Crippen molar-refractivity contribution in [3.05, 3.63) is 54.4 Å². The fraction of sp³-hybridized carbons (Fsp3) is 0.167. The molecule has 0 N–H and O–H groups in total. The van der Waals surface area contributed by atoms with E-state index in [1.54, 1.807) is 12.6 Å². The molecule has 2 aromatic rings. The predicted octanol–water partition coefficient (Wildman–Crippen LogP) is 3.63. The molecule has 1 aromatic heterocycles. The first kappa shape index (κ1) is 15.7. The second-order valence-electron chi connectivity index (χ2n) is 4.19. The van der Waals surface area contributed by atoms with Crippen molar-refractivity contribution in [2.75, 3.05) is 7.05 Å². The maximum absolute atomic E-state index is 12.4. The molecule has 0 saturated heterocycles. The highest BCUT2D eigenvalue weighted by Gasteiger charge is 2.22. The van der Waals surface area contributed by atoms with Gasteiger partial charge in [-0.15, -0.1) is 11.3 Å². The standard InChI is InChI=1S/C12H9Cl2N3O3S/c1-16(4-7-5-21-6-15-7)12(18)9-2-8(17(19)20)3-10(13)11(9)14/h2-3,5-6H,4H2,1H3. The minimum atomic E-state index is -0.626. The molecule has 0 radical (unpaired) electrons. The summed E-state index contributed by atoms with van der Waals surface area (Å²) in [5, 5.41) is 12.6. The van der Waals surface area contributed by atoms with Gasteiger partial charge in [0.25, 0.3) is 11.6 Å². The van der Waals surface area contributed by atoms with Gasteiger partial charge < -0.3 is 4.90 Å². The number of carbonyl (C=O) groups excluding carboxylic acids is 1. The van der Waals surface area contributed by atoms with Gasteiger partial charge in [-0.25, -0.2) is 4.98 Å². The number of thiazole rings is 1. The summed E-state index contributed by atoms with van der Waals surface area (Å²) in [4.78, 5) is 28.0. The number of hydrogen-bond acceptors (Lipinski definition) is 5. The van der Waals surface area contributed by atoms with Gasteiger partial charge in [0.2, 0.25) is 0 Å². The molecular weight excluding hydrogens is 337 g/mol. The number of hydrogen-bond donors (Lipinski definition) is 0.